The van der Waals surface area contributed by atoms with Crippen LogP contribution in [0.2, 0.25) is 0 Å². The molecule has 1 aliphatic heterocycles. The first-order valence-corrected chi connectivity index (χ1v) is 7.22. The largest absolute Gasteiger partial charge is 0.453 e. The van der Waals surface area contributed by atoms with Crippen LogP contribution in [-0.4, -0.2) is 43.1 Å². The Kier molecular flexibility index (Phi) is 6.67. The number of nitrogens with zero attached hydrogens (tertiary/aromatic N) is 1. The second kappa shape index (κ2) is 8.02. The molecule has 110 valence electrons. The van der Waals surface area contributed by atoms with E-state index >= 15 is 0 Å². The minimum atomic E-state index is -0.412. The van der Waals surface area contributed by atoms with Crippen molar-refractivity contribution in [2.24, 2.45) is 5.92 Å². The van der Waals surface area contributed by atoms with Crippen molar-refractivity contribution in [2.45, 2.75) is 52.0 Å². The molecule has 2 atom stereocenters. The minimum absolute atomic E-state index is 0.0126. The number of alkyl carbamates (subject to hydrolysis) is 1. The highest BCUT2D eigenvalue weighted by molar-refractivity contribution is 5.76. The van der Waals surface area contributed by atoms with Gasteiger partial charge < -0.3 is 15.0 Å². The van der Waals surface area contributed by atoms with Crippen LogP contribution in [-0.2, 0) is 9.53 Å². The van der Waals surface area contributed by atoms with Crippen molar-refractivity contribution in [2.75, 3.05) is 20.2 Å². The molecule has 0 aromatic heterocycles. The zero-order chi connectivity index (χ0) is 14.3. The molecule has 0 spiro atoms. The van der Waals surface area contributed by atoms with E-state index < -0.39 is 6.09 Å². The van der Waals surface area contributed by atoms with E-state index in [0.717, 1.165) is 32.2 Å². The van der Waals surface area contributed by atoms with Gasteiger partial charge >= 0.3 is 6.09 Å². The van der Waals surface area contributed by atoms with Crippen LogP contribution < -0.4 is 5.32 Å². The number of piperidine rings is 1. The molecule has 0 aromatic rings. The van der Waals surface area contributed by atoms with Gasteiger partial charge in [0, 0.05) is 19.5 Å². The number of ether oxygens (including phenoxy) is 1. The fourth-order valence-corrected chi connectivity index (χ4v) is 2.73. The summed E-state index contributed by atoms with van der Waals surface area (Å²) < 4.78 is 4.64. The van der Waals surface area contributed by atoms with Crippen LogP contribution in [0.15, 0.2) is 0 Å². The van der Waals surface area contributed by atoms with Crippen molar-refractivity contribution in [3.8, 4) is 0 Å². The lowest BCUT2D eigenvalue weighted by molar-refractivity contribution is -0.133. The summed E-state index contributed by atoms with van der Waals surface area (Å²) >= 11 is 0. The average molecular weight is 270 g/mol. The minimum Gasteiger partial charge on any atom is -0.453 e. The molecule has 0 bridgehead atoms. The lowest BCUT2D eigenvalue weighted by Crippen LogP contribution is -2.52. The fourth-order valence-electron chi connectivity index (χ4n) is 2.73. The molecule has 0 radical (unpaired) electrons. The van der Waals surface area contributed by atoms with Gasteiger partial charge in [0.2, 0.25) is 5.91 Å². The van der Waals surface area contributed by atoms with Crippen LogP contribution in [0.4, 0.5) is 4.79 Å². The summed E-state index contributed by atoms with van der Waals surface area (Å²) in [5, 5.41) is 2.83. The van der Waals surface area contributed by atoms with Crippen molar-refractivity contribution in [1.29, 1.82) is 0 Å². The van der Waals surface area contributed by atoms with Crippen molar-refractivity contribution in [3.63, 3.8) is 0 Å². The number of likely N-dealkylation sites (tertiary alicyclic amines) is 1. The lowest BCUT2D eigenvalue weighted by atomic mass is 9.90. The van der Waals surface area contributed by atoms with E-state index in [-0.39, 0.29) is 11.9 Å². The standard InChI is InChI=1S/C14H26N2O3/c1-4-6-11-8-12(15-14(18)19-3)10-16(9-11)13(17)7-5-2/h11-12H,4-10H2,1-3H3,(H,15,18). The third kappa shape index (κ3) is 5.09. The second-order valence-electron chi connectivity index (χ2n) is 5.27. The van der Waals surface area contributed by atoms with E-state index in [0.29, 0.717) is 18.9 Å². The fraction of sp³-hybridized carbons (Fsp3) is 0.857. The van der Waals surface area contributed by atoms with Crippen LogP contribution in [0, 0.1) is 5.92 Å². The summed E-state index contributed by atoms with van der Waals surface area (Å²) in [4.78, 5) is 25.2. The number of hydrogen-bond donors (Lipinski definition) is 1. The monoisotopic (exact) mass is 270 g/mol. The van der Waals surface area contributed by atoms with Gasteiger partial charge in [-0.05, 0) is 25.2 Å². The Morgan fingerprint density at radius 3 is 2.58 bits per heavy atom. The highest BCUT2D eigenvalue weighted by Crippen LogP contribution is 2.22. The summed E-state index contributed by atoms with van der Waals surface area (Å²) in [5.74, 6) is 0.668. The Bertz CT molecular complexity index is 307. The predicted molar refractivity (Wildman–Crippen MR) is 73.8 cm³/mol. The number of rotatable bonds is 5. The summed E-state index contributed by atoms with van der Waals surface area (Å²) in [5.41, 5.74) is 0. The van der Waals surface area contributed by atoms with Crippen LogP contribution in [0.1, 0.15) is 46.0 Å². The number of hydrogen-bond acceptors (Lipinski definition) is 3. The molecule has 1 rings (SSSR count). The number of nitrogens with one attached hydrogen (secondary N) is 1. The first-order chi connectivity index (χ1) is 9.10. The van der Waals surface area contributed by atoms with Crippen LogP contribution >= 0.6 is 0 Å². The molecule has 0 saturated carbocycles. The maximum atomic E-state index is 12.0. The Hall–Kier alpha value is -1.26. The van der Waals surface area contributed by atoms with Crippen molar-refractivity contribution < 1.29 is 14.3 Å². The van der Waals surface area contributed by atoms with Crippen molar-refractivity contribution in [1.82, 2.24) is 10.2 Å². The van der Waals surface area contributed by atoms with Crippen molar-refractivity contribution >= 4 is 12.0 Å². The van der Waals surface area contributed by atoms with Crippen molar-refractivity contribution in [3.05, 3.63) is 0 Å². The molecule has 19 heavy (non-hydrogen) atoms. The Morgan fingerprint density at radius 2 is 2.00 bits per heavy atom. The van der Waals surface area contributed by atoms with Crippen LogP contribution in [0.5, 0.6) is 0 Å². The molecule has 0 aromatic carbocycles. The number of amides is 2. The van der Waals surface area contributed by atoms with Crippen LogP contribution in [0.3, 0.4) is 0 Å². The van der Waals surface area contributed by atoms with Gasteiger partial charge in [-0.15, -0.1) is 0 Å². The molecule has 2 unspecified atom stereocenters. The molecule has 0 aliphatic carbocycles. The van der Waals surface area contributed by atoms with E-state index in [1.165, 1.54) is 7.11 Å². The SMILES string of the molecule is CCCC(=O)N1CC(CCC)CC(NC(=O)OC)C1. The van der Waals surface area contributed by atoms with Gasteiger partial charge in [-0.25, -0.2) is 4.79 Å². The van der Waals surface area contributed by atoms with E-state index in [1.807, 2.05) is 11.8 Å². The first kappa shape index (κ1) is 15.8. The van der Waals surface area contributed by atoms with Gasteiger partial charge in [0.05, 0.1) is 13.2 Å². The summed E-state index contributed by atoms with van der Waals surface area (Å²) in [7, 11) is 1.36. The Labute approximate surface area is 115 Å². The van der Waals surface area contributed by atoms with Gasteiger partial charge in [-0.2, -0.15) is 0 Å². The Morgan fingerprint density at radius 1 is 1.26 bits per heavy atom. The Balaban J connectivity index is 2.61. The average Bonchev–Trinajstić information content (AvgIpc) is 2.39. The maximum absolute atomic E-state index is 12.0. The van der Waals surface area contributed by atoms with Gasteiger partial charge in [0.25, 0.3) is 0 Å². The predicted octanol–water partition coefficient (Wildman–Crippen LogP) is 2.16. The van der Waals surface area contributed by atoms with E-state index in [2.05, 4.69) is 17.0 Å². The quantitative estimate of drug-likeness (QED) is 0.833. The number of carbonyl (C=O) groups is 2. The summed E-state index contributed by atoms with van der Waals surface area (Å²) in [6.07, 6.45) is 4.16. The highest BCUT2D eigenvalue weighted by Gasteiger charge is 2.30. The molecule has 5 nitrogen and oxygen atoms in total. The summed E-state index contributed by atoms with van der Waals surface area (Å²) in [6.45, 7) is 5.59. The normalized spacial score (nSPS) is 23.0. The van der Waals surface area contributed by atoms with Gasteiger partial charge in [0.15, 0.2) is 0 Å². The molecule has 1 N–H and O–H groups in total. The van der Waals surface area contributed by atoms with Gasteiger partial charge in [0.1, 0.15) is 0 Å². The number of methoxy groups -OCH3 is 1. The lowest BCUT2D eigenvalue weighted by Gasteiger charge is -2.38. The zero-order valence-electron chi connectivity index (χ0n) is 12.3. The molecular weight excluding hydrogens is 244 g/mol. The smallest absolute Gasteiger partial charge is 0.407 e. The molecule has 1 heterocycles. The number of carbonyl (C=O) groups excluding carboxylic acids is 2. The summed E-state index contributed by atoms with van der Waals surface area (Å²) in [6, 6.07) is 0.0126. The second-order valence-corrected chi connectivity index (χ2v) is 5.27. The molecule has 5 heteroatoms. The van der Waals surface area contributed by atoms with Crippen LogP contribution in [0.25, 0.3) is 0 Å². The van der Waals surface area contributed by atoms with E-state index in [9.17, 15) is 9.59 Å². The third-order valence-electron chi connectivity index (χ3n) is 3.56. The third-order valence-corrected chi connectivity index (χ3v) is 3.56. The van der Waals surface area contributed by atoms with E-state index in [1.54, 1.807) is 0 Å². The van der Waals surface area contributed by atoms with Gasteiger partial charge in [-0.1, -0.05) is 20.3 Å². The molecule has 1 saturated heterocycles. The topological polar surface area (TPSA) is 58.6 Å². The molecule has 1 fully saturated rings. The first-order valence-electron chi connectivity index (χ1n) is 7.22. The zero-order valence-corrected chi connectivity index (χ0v) is 12.3. The maximum Gasteiger partial charge on any atom is 0.407 e. The molecular formula is C14H26N2O3. The highest BCUT2D eigenvalue weighted by atomic mass is 16.5. The van der Waals surface area contributed by atoms with Gasteiger partial charge in [-0.3, -0.25) is 4.79 Å². The van der Waals surface area contributed by atoms with E-state index in [4.69, 9.17) is 0 Å². The molecule has 1 aliphatic rings. The molecule has 2 amide bonds.